The minimum absolute atomic E-state index is 0. The molecular formula is C18H24ClN5O. The van der Waals surface area contributed by atoms with Crippen molar-refractivity contribution in [1.29, 1.82) is 0 Å². The number of hydrogen-bond donors (Lipinski definition) is 3. The third-order valence-corrected chi connectivity index (χ3v) is 4.23. The summed E-state index contributed by atoms with van der Waals surface area (Å²) in [6.07, 6.45) is 5.20. The monoisotopic (exact) mass is 361 g/mol. The van der Waals surface area contributed by atoms with E-state index in [2.05, 4.69) is 22.3 Å². The van der Waals surface area contributed by atoms with Crippen molar-refractivity contribution >= 4 is 29.2 Å². The molecule has 1 amide bonds. The number of aromatic amines is 1. The number of H-pyrrole nitrogens is 1. The van der Waals surface area contributed by atoms with E-state index in [9.17, 15) is 4.79 Å². The number of carbonyl (C=O) groups is 1. The first-order valence-electron chi connectivity index (χ1n) is 8.18. The number of fused-ring (bicyclic) bond motifs is 1. The molecule has 0 radical (unpaired) electrons. The molecule has 0 unspecified atom stereocenters. The molecule has 0 bridgehead atoms. The fourth-order valence-corrected chi connectivity index (χ4v) is 2.97. The maximum Gasteiger partial charge on any atom is 0.237 e. The van der Waals surface area contributed by atoms with Gasteiger partial charge in [0.2, 0.25) is 5.91 Å². The summed E-state index contributed by atoms with van der Waals surface area (Å²) >= 11 is 0. The molecule has 4 N–H and O–H groups in total. The van der Waals surface area contributed by atoms with Crippen LogP contribution < -0.4 is 11.1 Å². The summed E-state index contributed by atoms with van der Waals surface area (Å²) in [5.41, 5.74) is 10.2. The minimum Gasteiger partial charge on any atom is -0.361 e. The summed E-state index contributed by atoms with van der Waals surface area (Å²) in [4.78, 5) is 15.5. The molecule has 2 heterocycles. The Morgan fingerprint density at radius 3 is 2.88 bits per heavy atom. The number of hydrogen-bond acceptors (Lipinski definition) is 3. The number of nitrogens with zero attached hydrogens (tertiary/aromatic N) is 2. The third kappa shape index (κ3) is 4.21. The second-order valence-electron chi connectivity index (χ2n) is 6.02. The molecule has 1 aromatic carbocycles. The number of nitrogens with two attached hydrogens (primary N) is 1. The smallest absolute Gasteiger partial charge is 0.237 e. The maximum atomic E-state index is 12.3. The standard InChI is InChI=1S/C18H23N5O.ClH/c1-3-16-13(11-23(2)22-16)10-21-18(24)15(19)8-12-9-20-17-7-5-4-6-14(12)17;/h4-7,9,11,15,20H,3,8,10,19H2,1-2H3,(H,21,24);1H/t15-;/m0./s1. The first-order chi connectivity index (χ1) is 11.6. The zero-order valence-electron chi connectivity index (χ0n) is 14.5. The first kappa shape index (κ1) is 19.0. The van der Waals surface area contributed by atoms with Gasteiger partial charge in [-0.3, -0.25) is 9.48 Å². The molecule has 7 heteroatoms. The second-order valence-corrected chi connectivity index (χ2v) is 6.02. The van der Waals surface area contributed by atoms with Gasteiger partial charge in [0.25, 0.3) is 0 Å². The van der Waals surface area contributed by atoms with Crippen LogP contribution in [0.25, 0.3) is 10.9 Å². The Labute approximate surface area is 153 Å². The Balaban J connectivity index is 0.00000225. The highest BCUT2D eigenvalue weighted by Crippen LogP contribution is 2.18. The lowest BCUT2D eigenvalue weighted by Gasteiger charge is -2.12. The molecule has 3 aromatic rings. The highest BCUT2D eigenvalue weighted by molar-refractivity contribution is 5.86. The third-order valence-electron chi connectivity index (χ3n) is 4.23. The van der Waals surface area contributed by atoms with E-state index in [-0.39, 0.29) is 18.3 Å². The maximum absolute atomic E-state index is 12.3. The van der Waals surface area contributed by atoms with Gasteiger partial charge in [0, 0.05) is 42.5 Å². The van der Waals surface area contributed by atoms with Gasteiger partial charge in [-0.15, -0.1) is 12.4 Å². The summed E-state index contributed by atoms with van der Waals surface area (Å²) in [6, 6.07) is 7.44. The Morgan fingerprint density at radius 1 is 1.36 bits per heavy atom. The van der Waals surface area contributed by atoms with Crippen LogP contribution in [0.3, 0.4) is 0 Å². The van der Waals surface area contributed by atoms with Gasteiger partial charge < -0.3 is 16.0 Å². The second kappa shape index (κ2) is 8.18. The van der Waals surface area contributed by atoms with Gasteiger partial charge in [0.05, 0.1) is 11.7 Å². The molecule has 0 aliphatic heterocycles. The largest absolute Gasteiger partial charge is 0.361 e. The molecule has 1 atom stereocenters. The number of aryl methyl sites for hydroxylation is 2. The SMILES string of the molecule is CCc1nn(C)cc1CNC(=O)[C@@H](N)Cc1c[nH]c2ccccc12.Cl. The molecule has 0 saturated carbocycles. The van der Waals surface area contributed by atoms with Gasteiger partial charge in [-0.25, -0.2) is 0 Å². The van der Waals surface area contributed by atoms with Crippen molar-refractivity contribution in [3.8, 4) is 0 Å². The van der Waals surface area contributed by atoms with E-state index < -0.39 is 6.04 Å². The van der Waals surface area contributed by atoms with Crippen molar-refractivity contribution in [3.63, 3.8) is 0 Å². The lowest BCUT2D eigenvalue weighted by atomic mass is 10.0. The summed E-state index contributed by atoms with van der Waals surface area (Å²) in [5.74, 6) is -0.147. The topological polar surface area (TPSA) is 88.7 Å². The van der Waals surface area contributed by atoms with Crippen LogP contribution in [-0.2, 0) is 31.2 Å². The van der Waals surface area contributed by atoms with Crippen LogP contribution in [0.4, 0.5) is 0 Å². The minimum atomic E-state index is -0.578. The normalized spacial score (nSPS) is 12.0. The highest BCUT2D eigenvalue weighted by Gasteiger charge is 2.17. The van der Waals surface area contributed by atoms with E-state index in [4.69, 9.17) is 5.73 Å². The number of rotatable bonds is 6. The Kier molecular flexibility index (Phi) is 6.22. The lowest BCUT2D eigenvalue weighted by molar-refractivity contribution is -0.122. The van der Waals surface area contributed by atoms with Crippen LogP contribution in [0.5, 0.6) is 0 Å². The highest BCUT2D eigenvalue weighted by atomic mass is 35.5. The fourth-order valence-electron chi connectivity index (χ4n) is 2.97. The van der Waals surface area contributed by atoms with Gasteiger partial charge in [-0.1, -0.05) is 25.1 Å². The van der Waals surface area contributed by atoms with Crippen molar-refractivity contribution in [2.75, 3.05) is 0 Å². The van der Waals surface area contributed by atoms with Crippen molar-refractivity contribution in [2.24, 2.45) is 12.8 Å². The molecule has 0 aliphatic rings. The van der Waals surface area contributed by atoms with Gasteiger partial charge >= 0.3 is 0 Å². The van der Waals surface area contributed by atoms with E-state index in [0.717, 1.165) is 34.1 Å². The van der Waals surface area contributed by atoms with Crippen LogP contribution in [0, 0.1) is 0 Å². The average molecular weight is 362 g/mol. The summed E-state index contributed by atoms with van der Waals surface area (Å²) < 4.78 is 1.77. The average Bonchev–Trinajstić information content (AvgIpc) is 3.16. The number of carbonyl (C=O) groups excluding carboxylic acids is 1. The molecule has 3 rings (SSSR count). The zero-order chi connectivity index (χ0) is 17.1. The van der Waals surface area contributed by atoms with Crippen LogP contribution in [0.1, 0.15) is 23.7 Å². The van der Waals surface area contributed by atoms with Gasteiger partial charge in [-0.2, -0.15) is 5.10 Å². The number of amides is 1. The predicted molar refractivity (Wildman–Crippen MR) is 102 cm³/mol. The van der Waals surface area contributed by atoms with Gasteiger partial charge in [-0.05, 0) is 24.5 Å². The van der Waals surface area contributed by atoms with Crippen LogP contribution in [0.15, 0.2) is 36.7 Å². The van der Waals surface area contributed by atoms with Gasteiger partial charge in [0.1, 0.15) is 0 Å². The van der Waals surface area contributed by atoms with E-state index in [0.29, 0.717) is 13.0 Å². The van der Waals surface area contributed by atoms with Crippen molar-refractivity contribution in [3.05, 3.63) is 53.5 Å². The first-order valence-corrected chi connectivity index (χ1v) is 8.18. The summed E-state index contributed by atoms with van der Waals surface area (Å²) in [7, 11) is 1.88. The number of para-hydroxylation sites is 1. The summed E-state index contributed by atoms with van der Waals surface area (Å²) in [5, 5.41) is 8.41. The van der Waals surface area contributed by atoms with Gasteiger partial charge in [0.15, 0.2) is 0 Å². The predicted octanol–water partition coefficient (Wildman–Crippen LogP) is 2.07. The van der Waals surface area contributed by atoms with E-state index in [1.165, 1.54) is 0 Å². The summed E-state index contributed by atoms with van der Waals surface area (Å²) in [6.45, 7) is 2.51. The van der Waals surface area contributed by atoms with Crippen LogP contribution in [0.2, 0.25) is 0 Å². The fraction of sp³-hybridized carbons (Fsp3) is 0.333. The van der Waals surface area contributed by atoms with Crippen molar-refractivity contribution in [2.45, 2.75) is 32.4 Å². The van der Waals surface area contributed by atoms with E-state index in [1.54, 1.807) is 4.68 Å². The molecule has 134 valence electrons. The van der Waals surface area contributed by atoms with E-state index in [1.807, 2.05) is 43.7 Å². The molecule has 0 fully saturated rings. The Bertz CT molecular complexity index is 854. The number of benzene rings is 1. The number of halogens is 1. The van der Waals surface area contributed by atoms with Crippen LogP contribution in [-0.4, -0.2) is 26.7 Å². The molecular weight excluding hydrogens is 338 g/mol. The molecule has 0 spiro atoms. The molecule has 0 aliphatic carbocycles. The molecule has 6 nitrogen and oxygen atoms in total. The molecule has 25 heavy (non-hydrogen) atoms. The molecule has 2 aromatic heterocycles. The number of aromatic nitrogens is 3. The molecule has 0 saturated heterocycles. The lowest BCUT2D eigenvalue weighted by Crippen LogP contribution is -2.41. The number of nitrogens with one attached hydrogen (secondary N) is 2. The van der Waals surface area contributed by atoms with Crippen molar-refractivity contribution in [1.82, 2.24) is 20.1 Å². The van der Waals surface area contributed by atoms with Crippen molar-refractivity contribution < 1.29 is 4.79 Å². The Morgan fingerprint density at radius 2 is 2.12 bits per heavy atom. The quantitative estimate of drug-likeness (QED) is 0.628. The zero-order valence-corrected chi connectivity index (χ0v) is 15.3. The Hall–Kier alpha value is -2.31. The van der Waals surface area contributed by atoms with E-state index >= 15 is 0 Å². The van der Waals surface area contributed by atoms with Crippen LogP contribution >= 0.6 is 12.4 Å².